The maximum absolute atomic E-state index is 12.8. The first-order valence-electron chi connectivity index (χ1n) is 11.7. The average Bonchev–Trinajstić information content (AvgIpc) is 3.50. The van der Waals surface area contributed by atoms with Crippen LogP contribution >= 0.6 is 0 Å². The summed E-state index contributed by atoms with van der Waals surface area (Å²) >= 11 is 0. The molecular weight excluding hydrogens is 460 g/mol. The zero-order chi connectivity index (χ0) is 25.4. The van der Waals surface area contributed by atoms with Crippen LogP contribution in [-0.4, -0.2) is 59.8 Å². The number of hydrogen-bond donors (Lipinski definition) is 3. The highest BCUT2D eigenvalue weighted by molar-refractivity contribution is 6.04. The van der Waals surface area contributed by atoms with Gasteiger partial charge in [-0.2, -0.15) is 5.10 Å². The van der Waals surface area contributed by atoms with Crippen LogP contribution in [0.5, 0.6) is 0 Å². The van der Waals surface area contributed by atoms with E-state index in [0.717, 1.165) is 11.1 Å². The molecule has 5 rings (SSSR count). The van der Waals surface area contributed by atoms with Crippen LogP contribution in [0.4, 0.5) is 16.4 Å². The Balaban J connectivity index is 1.43. The lowest BCUT2D eigenvalue weighted by molar-refractivity contribution is 0.102. The number of hydrogen-bond acceptors (Lipinski definition) is 7. The predicted octanol–water partition coefficient (Wildman–Crippen LogP) is 3.77. The Hall–Kier alpha value is -4.54. The van der Waals surface area contributed by atoms with E-state index in [2.05, 4.69) is 34.1 Å². The highest BCUT2D eigenvalue weighted by Crippen LogP contribution is 2.34. The van der Waals surface area contributed by atoms with E-state index in [9.17, 15) is 14.7 Å². The summed E-state index contributed by atoms with van der Waals surface area (Å²) in [4.78, 5) is 38.3. The zero-order valence-electron chi connectivity index (χ0n) is 19.9. The van der Waals surface area contributed by atoms with E-state index in [1.807, 2.05) is 12.1 Å². The van der Waals surface area contributed by atoms with Crippen LogP contribution < -0.4 is 11.1 Å². The molecule has 0 aliphatic carbocycles. The predicted molar refractivity (Wildman–Crippen MR) is 135 cm³/mol. The molecule has 0 radical (unpaired) electrons. The third kappa shape index (κ3) is 4.30. The molecule has 4 heterocycles. The van der Waals surface area contributed by atoms with Gasteiger partial charge in [0.25, 0.3) is 5.91 Å². The summed E-state index contributed by atoms with van der Waals surface area (Å²) in [6.07, 6.45) is 2.72. The van der Waals surface area contributed by atoms with Crippen molar-refractivity contribution in [3.05, 3.63) is 60.0 Å². The maximum Gasteiger partial charge on any atom is 0.407 e. The number of likely N-dealkylation sites (tertiary alicyclic amines) is 1. The van der Waals surface area contributed by atoms with E-state index >= 15 is 0 Å². The van der Waals surface area contributed by atoms with Crippen molar-refractivity contribution in [2.24, 2.45) is 0 Å². The lowest BCUT2D eigenvalue weighted by Gasteiger charge is -2.13. The van der Waals surface area contributed by atoms with Crippen molar-refractivity contribution in [3.63, 3.8) is 0 Å². The fourth-order valence-corrected chi connectivity index (χ4v) is 4.41. The van der Waals surface area contributed by atoms with Gasteiger partial charge in [0.2, 0.25) is 0 Å². The van der Waals surface area contributed by atoms with Crippen LogP contribution in [0, 0.1) is 0 Å². The molecular formula is C25H26N8O3. The summed E-state index contributed by atoms with van der Waals surface area (Å²) < 4.78 is 1.74. The summed E-state index contributed by atoms with van der Waals surface area (Å²) in [7, 11) is 0. The van der Waals surface area contributed by atoms with Crippen molar-refractivity contribution in [3.8, 4) is 11.3 Å². The second-order valence-electron chi connectivity index (χ2n) is 9.08. The molecule has 36 heavy (non-hydrogen) atoms. The first-order chi connectivity index (χ1) is 17.3. The minimum Gasteiger partial charge on any atom is -0.465 e. The molecule has 4 aromatic rings. The van der Waals surface area contributed by atoms with Gasteiger partial charge >= 0.3 is 6.09 Å². The Kier molecular flexibility index (Phi) is 5.96. The number of carboxylic acid groups (broad SMARTS) is 1. The minimum atomic E-state index is -0.955. The Morgan fingerprint density at radius 3 is 2.61 bits per heavy atom. The van der Waals surface area contributed by atoms with E-state index in [1.165, 1.54) is 11.2 Å². The Morgan fingerprint density at radius 2 is 1.92 bits per heavy atom. The summed E-state index contributed by atoms with van der Waals surface area (Å²) in [5, 5.41) is 17.5. The number of amides is 2. The van der Waals surface area contributed by atoms with E-state index in [-0.39, 0.29) is 17.8 Å². The van der Waals surface area contributed by atoms with Crippen molar-refractivity contribution in [1.29, 1.82) is 0 Å². The standard InChI is InChI=1S/C25H26N8O3/c1-14(2)17-7-9-27-19(11-17)30-24(34)16-5-3-15(4-6-16)21-20-22(26)28-13-29-23(20)33(31-21)18-8-10-32(12-18)25(35)36/h3-7,9,11,13-14,18H,8,10,12H2,1-2H3,(H,35,36)(H2,26,28,29)(H,27,30,34). The van der Waals surface area contributed by atoms with Crippen LogP contribution in [0.2, 0.25) is 0 Å². The molecule has 1 fully saturated rings. The molecule has 1 aliphatic rings. The van der Waals surface area contributed by atoms with E-state index in [4.69, 9.17) is 10.8 Å². The highest BCUT2D eigenvalue weighted by Gasteiger charge is 2.30. The van der Waals surface area contributed by atoms with Gasteiger partial charge < -0.3 is 21.1 Å². The van der Waals surface area contributed by atoms with Gasteiger partial charge in [0, 0.05) is 30.4 Å². The van der Waals surface area contributed by atoms with Crippen molar-refractivity contribution in [2.45, 2.75) is 32.2 Å². The number of carbonyl (C=O) groups is 2. The van der Waals surface area contributed by atoms with Crippen LogP contribution in [0.15, 0.2) is 48.9 Å². The summed E-state index contributed by atoms with van der Waals surface area (Å²) in [6.45, 7) is 4.91. The molecule has 1 saturated heterocycles. The monoisotopic (exact) mass is 486 g/mol. The van der Waals surface area contributed by atoms with Gasteiger partial charge in [-0.3, -0.25) is 4.79 Å². The largest absolute Gasteiger partial charge is 0.465 e. The quantitative estimate of drug-likeness (QED) is 0.385. The van der Waals surface area contributed by atoms with Crippen LogP contribution in [0.3, 0.4) is 0 Å². The number of pyridine rings is 1. The van der Waals surface area contributed by atoms with Gasteiger partial charge in [-0.05, 0) is 42.2 Å². The average molecular weight is 487 g/mol. The number of benzene rings is 1. The van der Waals surface area contributed by atoms with Crippen molar-refractivity contribution in [1.82, 2.24) is 29.6 Å². The van der Waals surface area contributed by atoms with Crippen molar-refractivity contribution >= 4 is 34.7 Å². The molecule has 1 aliphatic heterocycles. The number of anilines is 2. The van der Waals surface area contributed by atoms with Crippen molar-refractivity contribution in [2.75, 3.05) is 24.1 Å². The minimum absolute atomic E-state index is 0.161. The van der Waals surface area contributed by atoms with Crippen molar-refractivity contribution < 1.29 is 14.7 Å². The van der Waals surface area contributed by atoms with E-state index in [1.54, 1.807) is 35.1 Å². The Bertz CT molecular complexity index is 1450. The molecule has 1 unspecified atom stereocenters. The molecule has 0 saturated carbocycles. The van der Waals surface area contributed by atoms with Gasteiger partial charge in [0.05, 0.1) is 11.4 Å². The second kappa shape index (κ2) is 9.25. The smallest absolute Gasteiger partial charge is 0.407 e. The van der Waals surface area contributed by atoms with Crippen LogP contribution in [0.1, 0.15) is 48.1 Å². The van der Waals surface area contributed by atoms with E-state index < -0.39 is 6.09 Å². The molecule has 0 bridgehead atoms. The number of rotatable bonds is 5. The molecule has 3 aromatic heterocycles. The molecule has 2 amide bonds. The SMILES string of the molecule is CC(C)c1ccnc(NC(=O)c2ccc(-c3nn(C4CCN(C(=O)O)C4)c4ncnc(N)c34)cc2)c1. The topological polar surface area (TPSA) is 152 Å². The fourth-order valence-electron chi connectivity index (χ4n) is 4.41. The Morgan fingerprint density at radius 1 is 1.14 bits per heavy atom. The van der Waals surface area contributed by atoms with Gasteiger partial charge in [-0.15, -0.1) is 0 Å². The number of carbonyl (C=O) groups excluding carboxylic acids is 1. The molecule has 11 nitrogen and oxygen atoms in total. The molecule has 0 spiro atoms. The number of nitrogens with two attached hydrogens (primary N) is 1. The summed E-state index contributed by atoms with van der Waals surface area (Å²) in [5.41, 5.74) is 9.63. The third-order valence-corrected chi connectivity index (χ3v) is 6.41. The molecule has 4 N–H and O–H groups in total. The first kappa shape index (κ1) is 23.2. The van der Waals surface area contributed by atoms with Crippen LogP contribution in [-0.2, 0) is 0 Å². The molecule has 11 heteroatoms. The third-order valence-electron chi connectivity index (χ3n) is 6.41. The van der Waals surface area contributed by atoms with Gasteiger partial charge in [0.1, 0.15) is 23.7 Å². The van der Waals surface area contributed by atoms with Crippen LogP contribution in [0.25, 0.3) is 22.3 Å². The van der Waals surface area contributed by atoms with E-state index in [0.29, 0.717) is 53.5 Å². The molecule has 1 atom stereocenters. The lowest BCUT2D eigenvalue weighted by Crippen LogP contribution is -2.27. The lowest BCUT2D eigenvalue weighted by atomic mass is 10.0. The van der Waals surface area contributed by atoms with Gasteiger partial charge in [0.15, 0.2) is 5.65 Å². The highest BCUT2D eigenvalue weighted by atomic mass is 16.4. The number of nitrogen functional groups attached to an aromatic ring is 1. The fraction of sp³-hybridized carbons (Fsp3) is 0.280. The first-order valence-corrected chi connectivity index (χ1v) is 11.7. The number of aromatic nitrogens is 5. The normalized spacial score (nSPS) is 15.5. The summed E-state index contributed by atoms with van der Waals surface area (Å²) in [5.74, 6) is 0.836. The number of nitrogens with one attached hydrogen (secondary N) is 1. The number of nitrogens with zero attached hydrogens (tertiary/aromatic N) is 6. The van der Waals surface area contributed by atoms with Gasteiger partial charge in [-0.25, -0.2) is 24.4 Å². The zero-order valence-corrected chi connectivity index (χ0v) is 19.9. The molecule has 184 valence electrons. The summed E-state index contributed by atoms with van der Waals surface area (Å²) in [6, 6.07) is 10.7. The molecule has 1 aromatic carbocycles. The maximum atomic E-state index is 12.8. The van der Waals surface area contributed by atoms with Gasteiger partial charge in [-0.1, -0.05) is 26.0 Å². The second-order valence-corrected chi connectivity index (χ2v) is 9.08. The Labute approximate surface area is 207 Å². The number of fused-ring (bicyclic) bond motifs is 1.